The minimum Gasteiger partial charge on any atom is -0.546 e. The van der Waals surface area contributed by atoms with E-state index in [1.54, 1.807) is 22.9 Å². The molecule has 0 aromatic carbocycles. The van der Waals surface area contributed by atoms with Crippen molar-refractivity contribution in [3.05, 3.63) is 74.5 Å². The summed E-state index contributed by atoms with van der Waals surface area (Å²) < 4.78 is 1.79. The summed E-state index contributed by atoms with van der Waals surface area (Å²) in [6.45, 7) is 2.71. The first-order valence-corrected chi connectivity index (χ1v) is 17.2. The van der Waals surface area contributed by atoms with Crippen LogP contribution in [0.5, 0.6) is 5.75 Å². The number of β-lactam (4-membered cyclic amide) rings is 1. The summed E-state index contributed by atoms with van der Waals surface area (Å²) in [5, 5.41) is 40.4. The summed E-state index contributed by atoms with van der Waals surface area (Å²) >= 11 is 2.19. The Hall–Kier alpha value is -4.76. The van der Waals surface area contributed by atoms with Crippen molar-refractivity contribution in [3.63, 3.8) is 0 Å². The maximum absolute atomic E-state index is 13.4. The molecule has 21 heteroatoms. The zero-order valence-corrected chi connectivity index (χ0v) is 31.5. The largest absolute Gasteiger partial charge is 1.00 e. The van der Waals surface area contributed by atoms with Crippen LogP contribution in [0.25, 0.3) is 0 Å². The number of nitrogen functional groups attached to an aromatic ring is 1. The molecule has 0 spiro atoms. The number of aromatic nitrogens is 3. The maximum Gasteiger partial charge on any atom is 1.00 e. The number of aromatic hydroxyl groups is 1. The molecule has 0 saturated carbocycles. The Balaban J connectivity index is 0.00000523. The second kappa shape index (κ2) is 15.1. The number of hydrogen-bond acceptors (Lipinski definition) is 15. The number of aliphatic carboxylic acids is 2. The van der Waals surface area contributed by atoms with Gasteiger partial charge in [0.2, 0.25) is 11.1 Å². The molecule has 3 aromatic heterocycles. The van der Waals surface area contributed by atoms with E-state index in [2.05, 4.69) is 20.4 Å². The standard InChI is InChI=1S/C31H30N8O10S2.Na/c1-31(2,29(47)48)49-36-21(16-13-51-30(32)34-16)24(42)35-22-26(44)39-23(28(45)46)14(12-50-27(22)39)11-37-7-3-6-18-17(37)5-4-8-38(18)25(43)15-9-19(40)20(41)10-33-15;/h3,6-7,9-10,13,22,27H,4-5,8,11-12H2,1-2H3,(H6-,32,33,34,35,36,40,41,42,43,45,46,47,48);/q;+1/p-1/t22-,27-;/m1./s1. The minimum atomic E-state index is -1.92. The van der Waals surface area contributed by atoms with Gasteiger partial charge in [0.05, 0.1) is 17.6 Å². The quantitative estimate of drug-likeness (QED) is 0.0494. The minimum absolute atomic E-state index is 0. The van der Waals surface area contributed by atoms with Gasteiger partial charge in [-0.05, 0) is 26.3 Å². The van der Waals surface area contributed by atoms with Crippen LogP contribution >= 0.6 is 23.1 Å². The Morgan fingerprint density at radius 1 is 1.27 bits per heavy atom. The van der Waals surface area contributed by atoms with Crippen molar-refractivity contribution in [3.8, 4) is 5.75 Å². The number of carbonyl (C=O) groups is 5. The molecule has 0 unspecified atom stereocenters. The average Bonchev–Trinajstić information content (AvgIpc) is 3.53. The fourth-order valence-electron chi connectivity index (χ4n) is 5.71. The Bertz CT molecular complexity index is 2120. The number of carbonyl (C=O) groups excluding carboxylic acids is 5. The SMILES string of the molecule is CC(C)(O/N=C(\C(=O)N[C@@H]1C(=O)N2C(C(=O)[O-])=C(C[n+]3cccc4c3CCCN4C(=O)c3cc(=O)c(O)c[nH]3)CS[C@H]12)c1csc(N)n1)C(=O)[O-].[Na+]. The van der Waals surface area contributed by atoms with Gasteiger partial charge >= 0.3 is 29.6 Å². The normalized spacial score (nSPS) is 18.4. The van der Waals surface area contributed by atoms with Gasteiger partial charge in [-0.15, -0.1) is 23.1 Å². The van der Waals surface area contributed by atoms with E-state index in [4.69, 9.17) is 10.6 Å². The molecule has 0 radical (unpaired) electrons. The number of nitrogens with zero attached hydrogens (tertiary/aromatic N) is 5. The molecule has 0 aliphatic carbocycles. The molecular formula is C31H29N8NaO10S2. The number of pyridine rings is 2. The number of anilines is 2. The van der Waals surface area contributed by atoms with E-state index in [1.807, 2.05) is 0 Å². The van der Waals surface area contributed by atoms with Crippen LogP contribution < -0.4 is 65.7 Å². The number of H-pyrrole nitrogens is 1. The van der Waals surface area contributed by atoms with Gasteiger partial charge in [-0.3, -0.25) is 24.1 Å². The number of hydrogen-bond donors (Lipinski definition) is 4. The van der Waals surface area contributed by atoms with E-state index >= 15 is 0 Å². The molecule has 18 nitrogen and oxygen atoms in total. The van der Waals surface area contributed by atoms with E-state index in [1.165, 1.54) is 22.0 Å². The number of thioether (sulfide) groups is 1. The number of nitrogens with one attached hydrogen (secondary N) is 2. The first-order chi connectivity index (χ1) is 24.2. The first-order valence-electron chi connectivity index (χ1n) is 15.3. The van der Waals surface area contributed by atoms with Gasteiger partial charge in [0.25, 0.3) is 17.7 Å². The zero-order valence-electron chi connectivity index (χ0n) is 27.9. The molecule has 0 bridgehead atoms. The third-order valence-electron chi connectivity index (χ3n) is 8.34. The van der Waals surface area contributed by atoms with Gasteiger partial charge in [-0.2, -0.15) is 4.57 Å². The van der Waals surface area contributed by atoms with Gasteiger partial charge in [-0.1, -0.05) is 5.16 Å². The number of fused-ring (bicyclic) bond motifs is 2. The molecule has 3 amide bonds. The number of carboxylic acid groups (broad SMARTS) is 2. The fourth-order valence-corrected chi connectivity index (χ4v) is 7.60. The van der Waals surface area contributed by atoms with Crippen LogP contribution in [0.2, 0.25) is 0 Å². The molecule has 3 aliphatic heterocycles. The van der Waals surface area contributed by atoms with E-state index in [0.717, 1.165) is 42.3 Å². The summed E-state index contributed by atoms with van der Waals surface area (Å²) in [5.74, 6) is -5.74. The van der Waals surface area contributed by atoms with Crippen molar-refractivity contribution in [2.45, 2.75) is 50.3 Å². The fraction of sp³-hybridized carbons (Fsp3) is 0.323. The molecule has 52 heavy (non-hydrogen) atoms. The number of aromatic amines is 1. The van der Waals surface area contributed by atoms with Crippen molar-refractivity contribution in [1.82, 2.24) is 20.2 Å². The third-order valence-corrected chi connectivity index (χ3v) is 10.4. The van der Waals surface area contributed by atoms with Crippen molar-refractivity contribution in [2.24, 2.45) is 5.16 Å². The smallest absolute Gasteiger partial charge is 0.546 e. The first kappa shape index (κ1) is 38.5. The van der Waals surface area contributed by atoms with E-state index in [9.17, 15) is 44.1 Å². The molecule has 3 aromatic rings. The summed E-state index contributed by atoms with van der Waals surface area (Å²) in [6, 6.07) is 3.26. The Morgan fingerprint density at radius 2 is 2.02 bits per heavy atom. The van der Waals surface area contributed by atoms with E-state index in [-0.39, 0.29) is 64.1 Å². The van der Waals surface area contributed by atoms with Gasteiger partial charge in [-0.25, -0.2) is 4.98 Å². The molecular weight excluding hydrogens is 732 g/mol. The van der Waals surface area contributed by atoms with Crippen molar-refractivity contribution < 1.29 is 78.3 Å². The summed E-state index contributed by atoms with van der Waals surface area (Å²) in [7, 11) is 0. The maximum atomic E-state index is 13.4. The molecule has 2 atom stereocenters. The monoisotopic (exact) mass is 760 g/mol. The second-order valence-corrected chi connectivity index (χ2v) is 14.1. The zero-order chi connectivity index (χ0) is 36.8. The van der Waals surface area contributed by atoms with Crippen LogP contribution in [0.3, 0.4) is 0 Å². The summed E-state index contributed by atoms with van der Waals surface area (Å²) in [6.07, 6.45) is 3.88. The van der Waals surface area contributed by atoms with Crippen molar-refractivity contribution in [2.75, 3.05) is 22.9 Å². The molecule has 5 N–H and O–H groups in total. The van der Waals surface area contributed by atoms with Crippen LogP contribution in [0.15, 0.2) is 57.2 Å². The molecule has 1 fully saturated rings. The number of amides is 3. The molecule has 1 saturated heterocycles. The average molecular weight is 761 g/mol. The third kappa shape index (κ3) is 7.29. The Morgan fingerprint density at radius 3 is 2.67 bits per heavy atom. The predicted octanol–water partition coefficient (Wildman–Crippen LogP) is -5.64. The van der Waals surface area contributed by atoms with Crippen LogP contribution in [0.1, 0.15) is 42.1 Å². The summed E-state index contributed by atoms with van der Waals surface area (Å²) in [5.41, 5.74) is 3.84. The van der Waals surface area contributed by atoms with Crippen LogP contribution in [0, 0.1) is 0 Å². The van der Waals surface area contributed by atoms with Gasteiger partial charge in [0.1, 0.15) is 28.5 Å². The summed E-state index contributed by atoms with van der Waals surface area (Å²) in [4.78, 5) is 90.3. The van der Waals surface area contributed by atoms with Crippen LogP contribution in [0.4, 0.5) is 10.8 Å². The number of oxime groups is 1. The molecule has 6 heterocycles. The number of thiazole rings is 1. The van der Waals surface area contributed by atoms with E-state index in [0.29, 0.717) is 36.3 Å². The Labute approximate surface area is 324 Å². The van der Waals surface area contributed by atoms with Crippen molar-refractivity contribution in [1.29, 1.82) is 0 Å². The molecule has 266 valence electrons. The van der Waals surface area contributed by atoms with Gasteiger partial charge < -0.3 is 50.7 Å². The number of rotatable bonds is 10. The topological polar surface area (TPSA) is 267 Å². The van der Waals surface area contributed by atoms with Crippen molar-refractivity contribution >= 4 is 69.3 Å². The Kier molecular flexibility index (Phi) is 11.2. The second-order valence-electron chi connectivity index (χ2n) is 12.1. The number of nitrogens with two attached hydrogens (primary N) is 1. The predicted molar refractivity (Wildman–Crippen MR) is 176 cm³/mol. The van der Waals surface area contributed by atoms with E-state index < -0.39 is 63.6 Å². The number of carboxylic acids is 2. The molecule has 3 aliphatic rings. The van der Waals surface area contributed by atoms with Crippen LogP contribution in [-0.2, 0) is 37.0 Å². The van der Waals surface area contributed by atoms with Gasteiger partial charge in [0.15, 0.2) is 34.9 Å². The van der Waals surface area contributed by atoms with Crippen LogP contribution in [-0.4, -0.2) is 84.7 Å². The van der Waals surface area contributed by atoms with Gasteiger partial charge in [0, 0.05) is 48.0 Å². The molecule has 6 rings (SSSR count).